The Kier molecular flexibility index (Phi) is 8.91. The molecule has 1 aliphatic carbocycles. The highest BCUT2D eigenvalue weighted by molar-refractivity contribution is 6.11. The monoisotopic (exact) mass is 854 g/mol. The van der Waals surface area contributed by atoms with E-state index in [1.807, 2.05) is 0 Å². The number of anilines is 3. The molecular formula is C65H46N2. The van der Waals surface area contributed by atoms with E-state index in [9.17, 15) is 0 Å². The minimum absolute atomic E-state index is 0.110. The first kappa shape index (κ1) is 39.0. The van der Waals surface area contributed by atoms with Gasteiger partial charge in [0.25, 0.3) is 0 Å². The number of benzene rings is 11. The molecule has 0 aliphatic heterocycles. The van der Waals surface area contributed by atoms with Gasteiger partial charge in [-0.3, -0.25) is 0 Å². The Balaban J connectivity index is 0.870. The van der Waals surface area contributed by atoms with Crippen LogP contribution in [0, 0.1) is 0 Å². The maximum atomic E-state index is 2.43. The topological polar surface area (TPSA) is 8.17 Å². The lowest BCUT2D eigenvalue weighted by atomic mass is 9.82. The molecule has 11 aromatic carbocycles. The molecule has 0 unspecified atom stereocenters. The highest BCUT2D eigenvalue weighted by Crippen LogP contribution is 2.51. The Bertz CT molecular complexity index is 3880. The van der Waals surface area contributed by atoms with Crippen molar-refractivity contribution in [3.63, 3.8) is 0 Å². The molecule has 0 spiro atoms. The van der Waals surface area contributed by atoms with E-state index >= 15 is 0 Å². The Morgan fingerprint density at radius 2 is 0.851 bits per heavy atom. The van der Waals surface area contributed by atoms with Gasteiger partial charge < -0.3 is 9.47 Å². The third-order valence-electron chi connectivity index (χ3n) is 14.4. The van der Waals surface area contributed by atoms with Crippen LogP contribution >= 0.6 is 0 Å². The summed E-state index contributed by atoms with van der Waals surface area (Å²) in [5.41, 5.74) is 19.4. The lowest BCUT2D eigenvalue weighted by Crippen LogP contribution is -2.16. The van der Waals surface area contributed by atoms with Crippen molar-refractivity contribution >= 4 is 60.4 Å². The first-order valence-electron chi connectivity index (χ1n) is 23.3. The van der Waals surface area contributed by atoms with E-state index in [-0.39, 0.29) is 5.41 Å². The summed E-state index contributed by atoms with van der Waals surface area (Å²) >= 11 is 0. The van der Waals surface area contributed by atoms with E-state index in [0.29, 0.717) is 0 Å². The summed E-state index contributed by atoms with van der Waals surface area (Å²) in [6.45, 7) is 4.71. The van der Waals surface area contributed by atoms with Gasteiger partial charge >= 0.3 is 0 Å². The van der Waals surface area contributed by atoms with Gasteiger partial charge in [-0.2, -0.15) is 0 Å². The van der Waals surface area contributed by atoms with Crippen LogP contribution in [0.15, 0.2) is 243 Å². The Labute approximate surface area is 391 Å². The molecule has 0 saturated carbocycles. The molecule has 0 saturated heterocycles. The van der Waals surface area contributed by atoms with Crippen LogP contribution in [0.25, 0.3) is 93.5 Å². The minimum Gasteiger partial charge on any atom is -0.310 e. The molecule has 0 N–H and O–H groups in total. The zero-order valence-corrected chi connectivity index (χ0v) is 37.5. The van der Waals surface area contributed by atoms with Gasteiger partial charge in [0.05, 0.1) is 16.7 Å². The maximum absolute atomic E-state index is 2.43. The van der Waals surface area contributed by atoms with Crippen molar-refractivity contribution in [3.8, 4) is 50.2 Å². The molecule has 0 fully saturated rings. The van der Waals surface area contributed by atoms with Crippen molar-refractivity contribution in [2.75, 3.05) is 4.90 Å². The standard InChI is InChI=1S/C65H46N2/c1-65(2)60-22-9-7-20-56(60)57-37-36-54(42-61(57)65)66(53-34-29-45(30-35-53)50-26-25-43-13-3-4-15-47(43)40-50)52-32-27-44(28-33-52)48-17-11-18-49(39-48)51-31-38-64-59(41-51)58-21-8-10-23-63(58)67(64)62-24-12-16-46-14-5-6-19-55(46)62/h3-42H,1-2H3. The van der Waals surface area contributed by atoms with E-state index in [2.05, 4.69) is 266 Å². The van der Waals surface area contributed by atoms with Crippen LogP contribution in [0.5, 0.6) is 0 Å². The number of para-hydroxylation sites is 1. The SMILES string of the molecule is CC1(C)c2ccccc2-c2ccc(N(c3ccc(-c4cccc(-c5ccc6c(c5)c5ccccc5n6-c5cccc6ccccc56)c4)cc3)c3ccc(-c4ccc5ccccc5c4)cc3)cc21. The van der Waals surface area contributed by atoms with E-state index in [1.165, 1.54) is 105 Å². The summed E-state index contributed by atoms with van der Waals surface area (Å²) in [6.07, 6.45) is 0. The fraction of sp³-hybridized carbons (Fsp3) is 0.0462. The first-order chi connectivity index (χ1) is 33.0. The average molecular weight is 855 g/mol. The lowest BCUT2D eigenvalue weighted by Gasteiger charge is -2.28. The first-order valence-corrected chi connectivity index (χ1v) is 23.3. The van der Waals surface area contributed by atoms with Gasteiger partial charge in [-0.1, -0.05) is 184 Å². The van der Waals surface area contributed by atoms with Gasteiger partial charge in [0, 0.05) is 38.6 Å². The fourth-order valence-electron chi connectivity index (χ4n) is 10.9. The van der Waals surface area contributed by atoms with Gasteiger partial charge in [0.2, 0.25) is 0 Å². The number of hydrogen-bond acceptors (Lipinski definition) is 1. The summed E-state index contributed by atoms with van der Waals surface area (Å²) in [5.74, 6) is 0. The molecule has 2 heteroatoms. The number of hydrogen-bond donors (Lipinski definition) is 0. The molecular weight excluding hydrogens is 809 g/mol. The Hall–Kier alpha value is -8.46. The molecule has 316 valence electrons. The van der Waals surface area contributed by atoms with Crippen molar-refractivity contribution in [2.45, 2.75) is 19.3 Å². The summed E-state index contributed by atoms with van der Waals surface area (Å²) in [7, 11) is 0. The third kappa shape index (κ3) is 6.40. The minimum atomic E-state index is -0.110. The quantitative estimate of drug-likeness (QED) is 0.155. The van der Waals surface area contributed by atoms with Crippen LogP contribution in [0.4, 0.5) is 17.1 Å². The normalized spacial score (nSPS) is 12.7. The maximum Gasteiger partial charge on any atom is 0.0541 e. The van der Waals surface area contributed by atoms with E-state index in [1.54, 1.807) is 0 Å². The summed E-state index contributed by atoms with van der Waals surface area (Å²) in [6, 6.07) is 89.4. The number of aromatic nitrogens is 1. The molecule has 13 rings (SSSR count). The molecule has 0 amide bonds. The van der Waals surface area contributed by atoms with Crippen LogP contribution in [-0.4, -0.2) is 4.57 Å². The van der Waals surface area contributed by atoms with E-state index in [4.69, 9.17) is 0 Å². The summed E-state index contributed by atoms with van der Waals surface area (Å²) in [4.78, 5) is 2.41. The second-order valence-electron chi connectivity index (χ2n) is 18.6. The van der Waals surface area contributed by atoms with Crippen LogP contribution < -0.4 is 4.90 Å². The molecule has 0 atom stereocenters. The van der Waals surface area contributed by atoms with Crippen molar-refractivity contribution in [1.29, 1.82) is 0 Å². The summed E-state index contributed by atoms with van der Waals surface area (Å²) < 4.78 is 2.43. The number of rotatable bonds is 7. The zero-order chi connectivity index (χ0) is 44.6. The van der Waals surface area contributed by atoms with E-state index < -0.39 is 0 Å². The van der Waals surface area contributed by atoms with Crippen molar-refractivity contribution in [3.05, 3.63) is 254 Å². The summed E-state index contributed by atoms with van der Waals surface area (Å²) in [5, 5.41) is 7.49. The molecule has 67 heavy (non-hydrogen) atoms. The van der Waals surface area contributed by atoms with Gasteiger partial charge in [0.1, 0.15) is 0 Å². The lowest BCUT2D eigenvalue weighted by molar-refractivity contribution is 0.660. The predicted molar refractivity (Wildman–Crippen MR) is 284 cm³/mol. The fourth-order valence-corrected chi connectivity index (χ4v) is 10.9. The predicted octanol–water partition coefficient (Wildman–Crippen LogP) is 17.9. The number of fused-ring (bicyclic) bond motifs is 8. The second kappa shape index (κ2) is 15.3. The van der Waals surface area contributed by atoms with Crippen LogP contribution in [0.1, 0.15) is 25.0 Å². The van der Waals surface area contributed by atoms with Gasteiger partial charge in [-0.25, -0.2) is 0 Å². The number of nitrogens with zero attached hydrogens (tertiary/aromatic N) is 2. The van der Waals surface area contributed by atoms with Crippen molar-refractivity contribution < 1.29 is 0 Å². The zero-order valence-electron chi connectivity index (χ0n) is 37.5. The Morgan fingerprint density at radius 1 is 0.313 bits per heavy atom. The molecule has 12 aromatic rings. The molecule has 1 aliphatic rings. The largest absolute Gasteiger partial charge is 0.310 e. The second-order valence-corrected chi connectivity index (χ2v) is 18.6. The van der Waals surface area contributed by atoms with Crippen molar-refractivity contribution in [2.24, 2.45) is 0 Å². The van der Waals surface area contributed by atoms with Gasteiger partial charge in [0.15, 0.2) is 0 Å². The smallest absolute Gasteiger partial charge is 0.0541 e. The highest BCUT2D eigenvalue weighted by Gasteiger charge is 2.35. The van der Waals surface area contributed by atoms with Crippen LogP contribution in [-0.2, 0) is 5.41 Å². The molecule has 2 nitrogen and oxygen atoms in total. The van der Waals surface area contributed by atoms with Crippen molar-refractivity contribution in [1.82, 2.24) is 4.57 Å². The molecule has 1 aromatic heterocycles. The van der Waals surface area contributed by atoms with Gasteiger partial charge in [-0.05, 0) is 145 Å². The van der Waals surface area contributed by atoms with E-state index in [0.717, 1.165) is 17.1 Å². The van der Waals surface area contributed by atoms with Crippen LogP contribution in [0.3, 0.4) is 0 Å². The third-order valence-corrected chi connectivity index (χ3v) is 14.4. The molecule has 0 radical (unpaired) electrons. The molecule has 1 heterocycles. The Morgan fingerprint density at radius 3 is 1.64 bits per heavy atom. The van der Waals surface area contributed by atoms with Gasteiger partial charge in [-0.15, -0.1) is 0 Å². The van der Waals surface area contributed by atoms with Crippen LogP contribution in [0.2, 0.25) is 0 Å². The highest BCUT2D eigenvalue weighted by atomic mass is 15.1. The molecule has 0 bridgehead atoms. The average Bonchev–Trinajstić information content (AvgIpc) is 3.84.